The van der Waals surface area contributed by atoms with Crippen molar-refractivity contribution in [2.45, 2.75) is 32.2 Å². The summed E-state index contributed by atoms with van der Waals surface area (Å²) in [6.07, 6.45) is 8.08. The van der Waals surface area contributed by atoms with E-state index in [1.54, 1.807) is 0 Å². The SMILES string of the molecule is CCCC1CC=CN1. The molecular formula is C7H13N. The molecule has 0 saturated carbocycles. The summed E-state index contributed by atoms with van der Waals surface area (Å²) in [6.45, 7) is 2.22. The average molecular weight is 111 g/mol. The zero-order valence-corrected chi connectivity index (χ0v) is 5.35. The molecule has 1 heterocycles. The van der Waals surface area contributed by atoms with Gasteiger partial charge in [-0.25, -0.2) is 0 Å². The van der Waals surface area contributed by atoms with E-state index in [1.807, 2.05) is 0 Å². The Hall–Kier alpha value is -0.460. The maximum absolute atomic E-state index is 3.28. The average Bonchev–Trinajstić information content (AvgIpc) is 2.19. The van der Waals surface area contributed by atoms with E-state index in [1.165, 1.54) is 19.3 Å². The second-order valence-electron chi connectivity index (χ2n) is 2.29. The highest BCUT2D eigenvalue weighted by Crippen LogP contribution is 2.06. The van der Waals surface area contributed by atoms with Crippen molar-refractivity contribution < 1.29 is 0 Å². The maximum Gasteiger partial charge on any atom is 0.0290 e. The van der Waals surface area contributed by atoms with Crippen LogP contribution in [0.1, 0.15) is 26.2 Å². The Labute approximate surface area is 50.8 Å². The highest BCUT2D eigenvalue weighted by molar-refractivity contribution is 4.94. The summed E-state index contributed by atoms with van der Waals surface area (Å²) in [5.41, 5.74) is 0. The first kappa shape index (κ1) is 5.67. The molecule has 0 aliphatic carbocycles. The Balaban J connectivity index is 2.10. The Morgan fingerprint density at radius 1 is 1.75 bits per heavy atom. The standard InChI is InChI=1S/C7H13N/c1-2-4-7-5-3-6-8-7/h3,6-8H,2,4-5H2,1H3. The molecule has 1 nitrogen and oxygen atoms in total. The van der Waals surface area contributed by atoms with Gasteiger partial charge in [-0.15, -0.1) is 0 Å². The third-order valence-electron chi connectivity index (χ3n) is 1.51. The van der Waals surface area contributed by atoms with Gasteiger partial charge in [0.25, 0.3) is 0 Å². The second-order valence-corrected chi connectivity index (χ2v) is 2.29. The predicted octanol–water partition coefficient (Wildman–Crippen LogP) is 1.66. The normalized spacial score (nSPS) is 25.9. The molecule has 1 aliphatic heterocycles. The van der Waals surface area contributed by atoms with Gasteiger partial charge < -0.3 is 5.32 Å². The van der Waals surface area contributed by atoms with Gasteiger partial charge in [0, 0.05) is 6.04 Å². The van der Waals surface area contributed by atoms with Gasteiger partial charge in [-0.1, -0.05) is 19.4 Å². The molecule has 0 amide bonds. The molecule has 46 valence electrons. The highest BCUT2D eigenvalue weighted by atomic mass is 14.9. The lowest BCUT2D eigenvalue weighted by Crippen LogP contribution is -2.17. The van der Waals surface area contributed by atoms with Crippen LogP contribution in [-0.2, 0) is 0 Å². The van der Waals surface area contributed by atoms with Crippen molar-refractivity contribution in [1.29, 1.82) is 0 Å². The van der Waals surface area contributed by atoms with Crippen molar-refractivity contribution in [2.75, 3.05) is 0 Å². The van der Waals surface area contributed by atoms with Gasteiger partial charge in [-0.3, -0.25) is 0 Å². The lowest BCUT2D eigenvalue weighted by molar-refractivity contribution is 0.567. The fraction of sp³-hybridized carbons (Fsp3) is 0.714. The van der Waals surface area contributed by atoms with E-state index in [4.69, 9.17) is 0 Å². The summed E-state index contributed by atoms with van der Waals surface area (Å²) in [5.74, 6) is 0. The van der Waals surface area contributed by atoms with Crippen molar-refractivity contribution in [3.8, 4) is 0 Å². The van der Waals surface area contributed by atoms with E-state index < -0.39 is 0 Å². The molecule has 0 fully saturated rings. The van der Waals surface area contributed by atoms with Crippen LogP contribution in [0.4, 0.5) is 0 Å². The first-order chi connectivity index (χ1) is 3.93. The summed E-state index contributed by atoms with van der Waals surface area (Å²) in [4.78, 5) is 0. The van der Waals surface area contributed by atoms with Crippen molar-refractivity contribution in [3.05, 3.63) is 12.3 Å². The van der Waals surface area contributed by atoms with Crippen LogP contribution in [0.5, 0.6) is 0 Å². The zero-order chi connectivity index (χ0) is 5.82. The molecule has 1 rings (SSSR count). The van der Waals surface area contributed by atoms with E-state index in [0.717, 1.165) is 6.04 Å². The summed E-state index contributed by atoms with van der Waals surface area (Å²) >= 11 is 0. The lowest BCUT2D eigenvalue weighted by atomic mass is 10.1. The van der Waals surface area contributed by atoms with Crippen LogP contribution in [-0.4, -0.2) is 6.04 Å². The molecule has 0 aromatic heterocycles. The smallest absolute Gasteiger partial charge is 0.0290 e. The van der Waals surface area contributed by atoms with Gasteiger partial charge >= 0.3 is 0 Å². The van der Waals surface area contributed by atoms with Crippen LogP contribution < -0.4 is 5.32 Å². The minimum absolute atomic E-state index is 0.750. The summed E-state index contributed by atoms with van der Waals surface area (Å²) < 4.78 is 0. The van der Waals surface area contributed by atoms with E-state index in [0.29, 0.717) is 0 Å². The van der Waals surface area contributed by atoms with Gasteiger partial charge in [0.05, 0.1) is 0 Å². The quantitative estimate of drug-likeness (QED) is 0.571. The highest BCUT2D eigenvalue weighted by Gasteiger charge is 2.05. The Kier molecular flexibility index (Phi) is 1.95. The van der Waals surface area contributed by atoms with Crippen molar-refractivity contribution in [2.24, 2.45) is 0 Å². The molecule has 0 spiro atoms. The van der Waals surface area contributed by atoms with Crippen molar-refractivity contribution >= 4 is 0 Å². The monoisotopic (exact) mass is 111 g/mol. The summed E-state index contributed by atoms with van der Waals surface area (Å²) in [6, 6.07) is 0.750. The Morgan fingerprint density at radius 2 is 2.62 bits per heavy atom. The second kappa shape index (κ2) is 2.75. The fourth-order valence-corrected chi connectivity index (χ4v) is 1.05. The number of nitrogens with one attached hydrogen (secondary N) is 1. The molecular weight excluding hydrogens is 98.1 g/mol. The molecule has 0 bridgehead atoms. The zero-order valence-electron chi connectivity index (χ0n) is 5.35. The number of rotatable bonds is 2. The minimum atomic E-state index is 0.750. The van der Waals surface area contributed by atoms with Crippen LogP contribution in [0.3, 0.4) is 0 Å². The summed E-state index contributed by atoms with van der Waals surface area (Å²) in [5, 5.41) is 3.28. The first-order valence-electron chi connectivity index (χ1n) is 3.34. The third kappa shape index (κ3) is 1.25. The molecule has 1 heteroatoms. The van der Waals surface area contributed by atoms with Gasteiger partial charge in [-0.05, 0) is 19.0 Å². The maximum atomic E-state index is 3.28. The molecule has 1 aliphatic rings. The lowest BCUT2D eigenvalue weighted by Gasteiger charge is -2.06. The largest absolute Gasteiger partial charge is 0.388 e. The fourth-order valence-electron chi connectivity index (χ4n) is 1.05. The molecule has 1 unspecified atom stereocenters. The molecule has 0 aromatic carbocycles. The molecule has 0 radical (unpaired) electrons. The van der Waals surface area contributed by atoms with Gasteiger partial charge in [0.1, 0.15) is 0 Å². The van der Waals surface area contributed by atoms with Gasteiger partial charge in [0.15, 0.2) is 0 Å². The topological polar surface area (TPSA) is 12.0 Å². The Morgan fingerprint density at radius 3 is 3.12 bits per heavy atom. The van der Waals surface area contributed by atoms with Gasteiger partial charge in [0.2, 0.25) is 0 Å². The van der Waals surface area contributed by atoms with E-state index in [-0.39, 0.29) is 0 Å². The minimum Gasteiger partial charge on any atom is -0.388 e. The van der Waals surface area contributed by atoms with Crippen LogP contribution in [0.25, 0.3) is 0 Å². The van der Waals surface area contributed by atoms with Crippen LogP contribution in [0, 0.1) is 0 Å². The molecule has 0 aromatic rings. The molecule has 8 heavy (non-hydrogen) atoms. The molecule has 1 N–H and O–H groups in total. The van der Waals surface area contributed by atoms with E-state index >= 15 is 0 Å². The van der Waals surface area contributed by atoms with E-state index in [9.17, 15) is 0 Å². The van der Waals surface area contributed by atoms with Crippen molar-refractivity contribution in [1.82, 2.24) is 5.32 Å². The van der Waals surface area contributed by atoms with Crippen LogP contribution in [0.15, 0.2) is 12.3 Å². The first-order valence-corrected chi connectivity index (χ1v) is 3.34. The number of hydrogen-bond donors (Lipinski definition) is 1. The van der Waals surface area contributed by atoms with Crippen LogP contribution >= 0.6 is 0 Å². The summed E-state index contributed by atoms with van der Waals surface area (Å²) in [7, 11) is 0. The molecule has 0 saturated heterocycles. The third-order valence-corrected chi connectivity index (χ3v) is 1.51. The van der Waals surface area contributed by atoms with E-state index in [2.05, 4.69) is 24.5 Å². The molecule has 1 atom stereocenters. The van der Waals surface area contributed by atoms with Crippen molar-refractivity contribution in [3.63, 3.8) is 0 Å². The Bertz CT molecular complexity index is 78.4. The number of hydrogen-bond acceptors (Lipinski definition) is 1. The predicted molar refractivity (Wildman–Crippen MR) is 35.6 cm³/mol. The van der Waals surface area contributed by atoms with Gasteiger partial charge in [-0.2, -0.15) is 0 Å². The van der Waals surface area contributed by atoms with Crippen LogP contribution in [0.2, 0.25) is 0 Å².